The molecule has 0 saturated carbocycles. The Morgan fingerprint density at radius 2 is 2.33 bits per heavy atom. The van der Waals surface area contributed by atoms with Crippen LogP contribution < -0.4 is 5.32 Å². The van der Waals surface area contributed by atoms with Gasteiger partial charge in [0.25, 0.3) is 0 Å². The van der Waals surface area contributed by atoms with Gasteiger partial charge in [0.05, 0.1) is 12.2 Å². The van der Waals surface area contributed by atoms with Crippen LogP contribution >= 0.6 is 0 Å². The molecule has 0 aromatic rings. The Labute approximate surface area is 71.2 Å². The Morgan fingerprint density at radius 3 is 2.83 bits per heavy atom. The standard InChI is InChI=1S/C8H13NO3/c1-6(10)7(11)2-3-8-9-4-5-12-8/h2-11H,1H3/b3-2+/t6-,7-,8+/m0/s1. The molecule has 0 bridgehead atoms. The zero-order chi connectivity index (χ0) is 8.97. The first kappa shape index (κ1) is 9.09. The van der Waals surface area contributed by atoms with E-state index in [2.05, 4.69) is 5.32 Å². The predicted molar refractivity (Wildman–Crippen MR) is 44.0 cm³/mol. The van der Waals surface area contributed by atoms with E-state index in [1.165, 1.54) is 19.3 Å². The van der Waals surface area contributed by atoms with Gasteiger partial charge in [-0.05, 0) is 13.0 Å². The Hall–Kier alpha value is -1.00. The molecule has 1 rings (SSSR count). The fourth-order valence-electron chi connectivity index (χ4n) is 0.774. The van der Waals surface area contributed by atoms with Crippen LogP contribution in [-0.4, -0.2) is 28.6 Å². The van der Waals surface area contributed by atoms with Gasteiger partial charge in [0.1, 0.15) is 6.26 Å². The van der Waals surface area contributed by atoms with Crippen LogP contribution in [0.3, 0.4) is 0 Å². The quantitative estimate of drug-likeness (QED) is 0.510. The van der Waals surface area contributed by atoms with E-state index in [-0.39, 0.29) is 6.23 Å². The van der Waals surface area contributed by atoms with Crippen LogP contribution in [-0.2, 0) is 4.74 Å². The summed E-state index contributed by atoms with van der Waals surface area (Å²) >= 11 is 0. The van der Waals surface area contributed by atoms with Gasteiger partial charge in [0, 0.05) is 6.20 Å². The van der Waals surface area contributed by atoms with E-state index >= 15 is 0 Å². The summed E-state index contributed by atoms with van der Waals surface area (Å²) in [7, 11) is 0. The Morgan fingerprint density at radius 1 is 1.58 bits per heavy atom. The summed E-state index contributed by atoms with van der Waals surface area (Å²) in [5, 5.41) is 20.9. The molecule has 12 heavy (non-hydrogen) atoms. The third kappa shape index (κ3) is 2.56. The number of hydrogen-bond acceptors (Lipinski definition) is 4. The summed E-state index contributed by atoms with van der Waals surface area (Å²) in [5.74, 6) is 0. The minimum Gasteiger partial charge on any atom is -0.473 e. The fraction of sp³-hybridized carbons (Fsp3) is 0.500. The number of rotatable bonds is 3. The molecule has 0 saturated heterocycles. The van der Waals surface area contributed by atoms with Crippen molar-refractivity contribution in [3.8, 4) is 0 Å². The molecule has 1 aliphatic heterocycles. The molecule has 3 N–H and O–H groups in total. The molecule has 0 fully saturated rings. The van der Waals surface area contributed by atoms with Gasteiger partial charge in [-0.15, -0.1) is 0 Å². The lowest BCUT2D eigenvalue weighted by molar-refractivity contribution is 0.0609. The van der Waals surface area contributed by atoms with E-state index in [4.69, 9.17) is 14.9 Å². The smallest absolute Gasteiger partial charge is 0.188 e. The average molecular weight is 171 g/mol. The van der Waals surface area contributed by atoms with Crippen molar-refractivity contribution >= 4 is 0 Å². The van der Waals surface area contributed by atoms with Gasteiger partial charge < -0.3 is 20.3 Å². The van der Waals surface area contributed by atoms with Gasteiger partial charge in [0.15, 0.2) is 6.23 Å². The predicted octanol–water partition coefficient (Wildman–Crippen LogP) is -0.299. The van der Waals surface area contributed by atoms with Crippen molar-refractivity contribution in [2.45, 2.75) is 25.4 Å². The van der Waals surface area contributed by atoms with Crippen molar-refractivity contribution in [2.24, 2.45) is 0 Å². The first-order valence-electron chi connectivity index (χ1n) is 3.81. The lowest BCUT2D eigenvalue weighted by Gasteiger charge is -2.10. The van der Waals surface area contributed by atoms with Crippen molar-refractivity contribution in [3.05, 3.63) is 24.6 Å². The molecule has 1 heterocycles. The molecule has 0 unspecified atom stereocenters. The van der Waals surface area contributed by atoms with Crippen molar-refractivity contribution in [2.75, 3.05) is 0 Å². The highest BCUT2D eigenvalue weighted by atomic mass is 16.5. The Bertz CT molecular complexity index is 177. The van der Waals surface area contributed by atoms with Gasteiger partial charge in [0.2, 0.25) is 0 Å². The maximum absolute atomic E-state index is 9.15. The second-order valence-electron chi connectivity index (χ2n) is 2.64. The molecule has 0 spiro atoms. The van der Waals surface area contributed by atoms with E-state index in [1.54, 1.807) is 12.3 Å². The zero-order valence-electron chi connectivity index (χ0n) is 6.84. The molecule has 0 radical (unpaired) electrons. The number of aliphatic hydroxyl groups is 2. The van der Waals surface area contributed by atoms with Gasteiger partial charge >= 0.3 is 0 Å². The van der Waals surface area contributed by atoms with Crippen LogP contribution in [0, 0.1) is 0 Å². The van der Waals surface area contributed by atoms with Crippen LogP contribution in [0.15, 0.2) is 24.6 Å². The van der Waals surface area contributed by atoms with Crippen LogP contribution in [0.5, 0.6) is 0 Å². The molecule has 3 atom stereocenters. The second-order valence-corrected chi connectivity index (χ2v) is 2.64. The molecule has 0 aromatic carbocycles. The third-order valence-electron chi connectivity index (χ3n) is 1.53. The van der Waals surface area contributed by atoms with Crippen LogP contribution in [0.4, 0.5) is 0 Å². The first-order chi connectivity index (χ1) is 5.70. The Balaban J connectivity index is 2.29. The summed E-state index contributed by atoms with van der Waals surface area (Å²) in [5.41, 5.74) is 0. The number of hydrogen-bond donors (Lipinski definition) is 3. The summed E-state index contributed by atoms with van der Waals surface area (Å²) in [6, 6.07) is 0. The lowest BCUT2D eigenvalue weighted by Crippen LogP contribution is -2.22. The minimum atomic E-state index is -0.837. The van der Waals surface area contributed by atoms with Crippen LogP contribution in [0.2, 0.25) is 0 Å². The zero-order valence-corrected chi connectivity index (χ0v) is 6.84. The molecular formula is C8H13NO3. The van der Waals surface area contributed by atoms with Crippen molar-refractivity contribution in [3.63, 3.8) is 0 Å². The molecule has 0 amide bonds. The molecule has 4 nitrogen and oxygen atoms in total. The van der Waals surface area contributed by atoms with Crippen molar-refractivity contribution < 1.29 is 14.9 Å². The SMILES string of the molecule is C[C@H](O)[C@@H](O)/C=C/[C@@H]1NC=CO1. The number of ether oxygens (including phenoxy) is 1. The summed E-state index contributed by atoms with van der Waals surface area (Å²) in [6.07, 6.45) is 4.53. The fourth-order valence-corrected chi connectivity index (χ4v) is 0.774. The van der Waals surface area contributed by atoms with Gasteiger partial charge in [-0.2, -0.15) is 0 Å². The van der Waals surface area contributed by atoms with E-state index in [9.17, 15) is 0 Å². The third-order valence-corrected chi connectivity index (χ3v) is 1.53. The summed E-state index contributed by atoms with van der Waals surface area (Å²) in [4.78, 5) is 0. The largest absolute Gasteiger partial charge is 0.473 e. The van der Waals surface area contributed by atoms with E-state index in [1.807, 2.05) is 0 Å². The average Bonchev–Trinajstić information content (AvgIpc) is 2.51. The topological polar surface area (TPSA) is 61.7 Å². The van der Waals surface area contributed by atoms with Gasteiger partial charge in [-0.3, -0.25) is 0 Å². The highest BCUT2D eigenvalue weighted by molar-refractivity contribution is 4.99. The second kappa shape index (κ2) is 4.13. The molecule has 0 aromatic heterocycles. The van der Waals surface area contributed by atoms with Crippen molar-refractivity contribution in [1.82, 2.24) is 5.32 Å². The summed E-state index contributed by atoms with van der Waals surface area (Å²) in [6.45, 7) is 1.52. The summed E-state index contributed by atoms with van der Waals surface area (Å²) < 4.78 is 5.01. The maximum Gasteiger partial charge on any atom is 0.188 e. The number of nitrogens with one attached hydrogen (secondary N) is 1. The van der Waals surface area contributed by atoms with Crippen molar-refractivity contribution in [1.29, 1.82) is 0 Å². The molecule has 4 heteroatoms. The highest BCUT2D eigenvalue weighted by Crippen LogP contribution is 2.01. The minimum absolute atomic E-state index is 0.224. The number of aliphatic hydroxyl groups excluding tert-OH is 2. The van der Waals surface area contributed by atoms with Crippen LogP contribution in [0.25, 0.3) is 0 Å². The monoisotopic (exact) mass is 171 g/mol. The Kier molecular flexibility index (Phi) is 3.13. The molecule has 0 aliphatic carbocycles. The van der Waals surface area contributed by atoms with E-state index in [0.29, 0.717) is 0 Å². The molecule has 1 aliphatic rings. The van der Waals surface area contributed by atoms with E-state index < -0.39 is 12.2 Å². The molecular weight excluding hydrogens is 158 g/mol. The van der Waals surface area contributed by atoms with Crippen LogP contribution in [0.1, 0.15) is 6.92 Å². The maximum atomic E-state index is 9.15. The van der Waals surface area contributed by atoms with Gasteiger partial charge in [-0.25, -0.2) is 0 Å². The normalized spacial score (nSPS) is 26.8. The molecule has 68 valence electrons. The lowest BCUT2D eigenvalue weighted by atomic mass is 10.2. The first-order valence-corrected chi connectivity index (χ1v) is 3.81. The van der Waals surface area contributed by atoms with Gasteiger partial charge in [-0.1, -0.05) is 6.08 Å². The highest BCUT2D eigenvalue weighted by Gasteiger charge is 2.09. The van der Waals surface area contributed by atoms with E-state index in [0.717, 1.165) is 0 Å².